The smallest absolute Gasteiger partial charge is 0.164 e. The van der Waals surface area contributed by atoms with Crippen LogP contribution in [0, 0.1) is 0 Å². The highest BCUT2D eigenvalue weighted by atomic mass is 16.3. The van der Waals surface area contributed by atoms with Crippen molar-refractivity contribution in [2.24, 2.45) is 0 Å². The van der Waals surface area contributed by atoms with Gasteiger partial charge in [-0.1, -0.05) is 164 Å². The summed E-state index contributed by atoms with van der Waals surface area (Å²) in [7, 11) is 0. The molecule has 0 aliphatic rings. The highest BCUT2D eigenvalue weighted by Gasteiger charge is 2.21. The van der Waals surface area contributed by atoms with Crippen molar-refractivity contribution in [2.75, 3.05) is 0 Å². The van der Waals surface area contributed by atoms with Gasteiger partial charge < -0.3 is 8.98 Å². The molecule has 0 radical (unpaired) electrons. The van der Waals surface area contributed by atoms with E-state index in [0.29, 0.717) is 17.5 Å². The summed E-state index contributed by atoms with van der Waals surface area (Å²) in [6, 6.07) is 76.3. The molecule has 0 unspecified atom stereocenters. The minimum Gasteiger partial charge on any atom is -0.456 e. The van der Waals surface area contributed by atoms with E-state index < -0.39 is 0 Å². The van der Waals surface area contributed by atoms with Gasteiger partial charge in [0.25, 0.3) is 0 Å². The molecule has 290 valence electrons. The van der Waals surface area contributed by atoms with Gasteiger partial charge in [-0.25, -0.2) is 15.0 Å². The first-order chi connectivity index (χ1) is 30.7. The van der Waals surface area contributed by atoms with Gasteiger partial charge in [-0.3, -0.25) is 0 Å². The lowest BCUT2D eigenvalue weighted by Gasteiger charge is -2.15. The van der Waals surface area contributed by atoms with Crippen LogP contribution < -0.4 is 0 Å². The van der Waals surface area contributed by atoms with Crippen molar-refractivity contribution >= 4 is 43.7 Å². The molecule has 0 amide bonds. The van der Waals surface area contributed by atoms with E-state index in [4.69, 9.17) is 19.4 Å². The van der Waals surface area contributed by atoms with Gasteiger partial charge in [-0.05, 0) is 88.0 Å². The van der Waals surface area contributed by atoms with Crippen LogP contribution in [0.3, 0.4) is 0 Å². The molecule has 3 heterocycles. The molecular formula is C57H36N4O. The molecule has 3 aromatic heterocycles. The minimum absolute atomic E-state index is 0.597. The number of hydrogen-bond acceptors (Lipinski definition) is 4. The molecule has 0 saturated carbocycles. The first kappa shape index (κ1) is 35.5. The zero-order valence-electron chi connectivity index (χ0n) is 33.5. The molecule has 0 spiro atoms. The Morgan fingerprint density at radius 3 is 1.56 bits per heavy atom. The van der Waals surface area contributed by atoms with Gasteiger partial charge in [-0.15, -0.1) is 0 Å². The van der Waals surface area contributed by atoms with E-state index in [9.17, 15) is 0 Å². The molecule has 0 aliphatic carbocycles. The van der Waals surface area contributed by atoms with Gasteiger partial charge in [0, 0.05) is 43.9 Å². The van der Waals surface area contributed by atoms with Crippen molar-refractivity contribution in [1.29, 1.82) is 0 Å². The quantitative estimate of drug-likeness (QED) is 0.161. The molecule has 0 fully saturated rings. The van der Waals surface area contributed by atoms with Gasteiger partial charge in [0.05, 0.1) is 11.0 Å². The van der Waals surface area contributed by atoms with Gasteiger partial charge in [0.1, 0.15) is 11.2 Å². The third-order valence-corrected chi connectivity index (χ3v) is 11.9. The molecule has 0 N–H and O–H groups in total. The second-order valence-corrected chi connectivity index (χ2v) is 15.6. The molecule has 0 atom stereocenters. The van der Waals surface area contributed by atoms with Crippen molar-refractivity contribution in [3.05, 3.63) is 218 Å². The van der Waals surface area contributed by atoms with Crippen LogP contribution in [0.5, 0.6) is 0 Å². The van der Waals surface area contributed by atoms with Crippen LogP contribution in [0.15, 0.2) is 223 Å². The van der Waals surface area contributed by atoms with Gasteiger partial charge in [-0.2, -0.15) is 0 Å². The van der Waals surface area contributed by atoms with E-state index in [0.717, 1.165) is 83.2 Å². The van der Waals surface area contributed by atoms with Crippen molar-refractivity contribution in [2.45, 2.75) is 0 Å². The molecule has 12 aromatic rings. The second-order valence-electron chi connectivity index (χ2n) is 15.6. The maximum Gasteiger partial charge on any atom is 0.164 e. The summed E-state index contributed by atoms with van der Waals surface area (Å²) in [5, 5.41) is 4.50. The summed E-state index contributed by atoms with van der Waals surface area (Å²) in [5.74, 6) is 1.83. The van der Waals surface area contributed by atoms with E-state index in [2.05, 4.69) is 162 Å². The van der Waals surface area contributed by atoms with Crippen LogP contribution in [0.25, 0.3) is 117 Å². The molecule has 5 heteroatoms. The minimum atomic E-state index is 0.597. The number of hydrogen-bond donors (Lipinski definition) is 0. The number of aromatic nitrogens is 4. The van der Waals surface area contributed by atoms with Crippen LogP contribution in [0.4, 0.5) is 0 Å². The van der Waals surface area contributed by atoms with Crippen molar-refractivity contribution in [3.63, 3.8) is 0 Å². The predicted octanol–water partition coefficient (Wildman–Crippen LogP) is 14.9. The molecule has 0 bridgehead atoms. The standard InChI is InChI=1S/C57H36N4O/c1-5-16-37(17-6-1)40-22-15-23-41(34-40)42-28-30-45(47(35-42)57-59-55(38-18-7-2-8-19-38)58-56(60-57)39-20-9-3-10-21-39)43-29-32-51-48(36-43)54-52(62-51)33-31-50-53(54)46-26-13-14-27-49(46)61(50)44-24-11-4-12-25-44/h1-36H. The Labute approximate surface area is 357 Å². The number of fused-ring (bicyclic) bond motifs is 7. The van der Waals surface area contributed by atoms with Crippen LogP contribution in [-0.4, -0.2) is 19.5 Å². The van der Waals surface area contributed by atoms with E-state index in [1.807, 2.05) is 60.7 Å². The Kier molecular flexibility index (Phi) is 8.42. The average molecular weight is 793 g/mol. The van der Waals surface area contributed by atoms with Crippen LogP contribution >= 0.6 is 0 Å². The third-order valence-electron chi connectivity index (χ3n) is 11.9. The first-order valence-corrected chi connectivity index (χ1v) is 20.8. The number of para-hydroxylation sites is 2. The number of rotatable bonds is 7. The van der Waals surface area contributed by atoms with Crippen molar-refractivity contribution < 1.29 is 4.42 Å². The molecule has 5 nitrogen and oxygen atoms in total. The second kappa shape index (κ2) is 14.7. The summed E-state index contributed by atoms with van der Waals surface area (Å²) < 4.78 is 9.00. The lowest BCUT2D eigenvalue weighted by atomic mass is 9.92. The highest BCUT2D eigenvalue weighted by Crippen LogP contribution is 2.44. The van der Waals surface area contributed by atoms with Crippen LogP contribution in [-0.2, 0) is 0 Å². The summed E-state index contributed by atoms with van der Waals surface area (Å²) in [6.07, 6.45) is 0. The maximum atomic E-state index is 6.64. The normalized spacial score (nSPS) is 11.5. The maximum absolute atomic E-state index is 6.64. The van der Waals surface area contributed by atoms with E-state index >= 15 is 0 Å². The Morgan fingerprint density at radius 1 is 0.306 bits per heavy atom. The van der Waals surface area contributed by atoms with Crippen molar-refractivity contribution in [1.82, 2.24) is 19.5 Å². The number of benzene rings is 9. The van der Waals surface area contributed by atoms with Crippen LogP contribution in [0.2, 0.25) is 0 Å². The summed E-state index contributed by atoms with van der Waals surface area (Å²) >= 11 is 0. The molecule has 0 saturated heterocycles. The van der Waals surface area contributed by atoms with Gasteiger partial charge in [0.15, 0.2) is 17.5 Å². The molecular weight excluding hydrogens is 757 g/mol. The fraction of sp³-hybridized carbons (Fsp3) is 0. The highest BCUT2D eigenvalue weighted by molar-refractivity contribution is 6.27. The average Bonchev–Trinajstić information content (AvgIpc) is 3.90. The fourth-order valence-electron chi connectivity index (χ4n) is 8.95. The zero-order valence-corrected chi connectivity index (χ0v) is 33.5. The number of nitrogens with zero attached hydrogens (tertiary/aromatic N) is 4. The fourth-order valence-corrected chi connectivity index (χ4v) is 8.95. The third kappa shape index (κ3) is 6.06. The number of furan rings is 1. The van der Waals surface area contributed by atoms with E-state index in [1.165, 1.54) is 16.3 Å². The monoisotopic (exact) mass is 792 g/mol. The Hall–Kier alpha value is -8.41. The molecule has 12 rings (SSSR count). The summed E-state index contributed by atoms with van der Waals surface area (Å²) in [5.41, 5.74) is 14.4. The van der Waals surface area contributed by atoms with Crippen molar-refractivity contribution in [3.8, 4) is 73.2 Å². The molecule has 62 heavy (non-hydrogen) atoms. The largest absolute Gasteiger partial charge is 0.456 e. The predicted molar refractivity (Wildman–Crippen MR) is 254 cm³/mol. The zero-order chi connectivity index (χ0) is 41.0. The lowest BCUT2D eigenvalue weighted by molar-refractivity contribution is 0.669. The lowest BCUT2D eigenvalue weighted by Crippen LogP contribution is -2.01. The Morgan fingerprint density at radius 2 is 0.855 bits per heavy atom. The topological polar surface area (TPSA) is 56.7 Å². The van der Waals surface area contributed by atoms with E-state index in [1.54, 1.807) is 0 Å². The van der Waals surface area contributed by atoms with E-state index in [-0.39, 0.29) is 0 Å². The SMILES string of the molecule is c1ccc(-c2cccc(-c3ccc(-c4ccc5oc6ccc7c(c8ccccc8n7-c7ccccc7)c6c5c4)c(-c4nc(-c5ccccc5)nc(-c5ccccc5)n4)c3)c2)cc1. The molecule has 0 aliphatic heterocycles. The summed E-state index contributed by atoms with van der Waals surface area (Å²) in [4.78, 5) is 15.5. The Bertz CT molecular complexity index is 3560. The van der Waals surface area contributed by atoms with Gasteiger partial charge in [0.2, 0.25) is 0 Å². The van der Waals surface area contributed by atoms with Crippen LogP contribution in [0.1, 0.15) is 0 Å². The Balaban J connectivity index is 1.11. The first-order valence-electron chi connectivity index (χ1n) is 20.8. The molecule has 9 aromatic carbocycles. The summed E-state index contributed by atoms with van der Waals surface area (Å²) in [6.45, 7) is 0. The van der Waals surface area contributed by atoms with Gasteiger partial charge >= 0.3 is 0 Å².